The van der Waals surface area contributed by atoms with Gasteiger partial charge in [0.05, 0.1) is 11.0 Å². The second-order valence-corrected chi connectivity index (χ2v) is 7.51. The predicted octanol–water partition coefficient (Wildman–Crippen LogP) is 2.15. The Morgan fingerprint density at radius 3 is 2.63 bits per heavy atom. The Bertz CT molecular complexity index is 1080. The number of amides is 1. The number of hydrogen-bond donors (Lipinski definition) is 2. The molecule has 0 bridgehead atoms. The van der Waals surface area contributed by atoms with Crippen molar-refractivity contribution in [1.82, 2.24) is 24.9 Å². The number of rotatable bonds is 8. The SMILES string of the molecule is CSc1nc2nc(C)c(CCC(=O)NC[C@@H](O)c3ccc([N+](=O)[O-])cc3)c(C)n2n1. The number of hydrogen-bond acceptors (Lipinski definition) is 8. The summed E-state index contributed by atoms with van der Waals surface area (Å²) in [5, 5.41) is 28.6. The molecule has 10 nitrogen and oxygen atoms in total. The molecular weight excluding hydrogens is 408 g/mol. The molecule has 0 radical (unpaired) electrons. The zero-order valence-electron chi connectivity index (χ0n) is 16.8. The molecule has 2 N–H and O–H groups in total. The quantitative estimate of drug-likeness (QED) is 0.315. The summed E-state index contributed by atoms with van der Waals surface area (Å²) in [6.07, 6.45) is 1.66. The summed E-state index contributed by atoms with van der Waals surface area (Å²) in [6.45, 7) is 3.82. The molecule has 1 atom stereocenters. The number of non-ortho nitro benzene ring substituents is 1. The van der Waals surface area contributed by atoms with E-state index in [9.17, 15) is 20.0 Å². The number of nitro benzene ring substituents is 1. The fourth-order valence-electron chi connectivity index (χ4n) is 3.11. The number of nitrogens with zero attached hydrogens (tertiary/aromatic N) is 5. The Morgan fingerprint density at radius 1 is 1.30 bits per heavy atom. The number of nitro groups is 1. The van der Waals surface area contributed by atoms with Crippen LogP contribution in [0.1, 0.15) is 35.0 Å². The lowest BCUT2D eigenvalue weighted by Gasteiger charge is -2.13. The zero-order chi connectivity index (χ0) is 21.8. The van der Waals surface area contributed by atoms with E-state index in [0.29, 0.717) is 22.9 Å². The number of nitrogens with one attached hydrogen (secondary N) is 1. The number of thioether (sulfide) groups is 1. The van der Waals surface area contributed by atoms with Crippen LogP contribution in [-0.2, 0) is 11.2 Å². The lowest BCUT2D eigenvalue weighted by atomic mass is 10.1. The molecule has 0 aliphatic rings. The van der Waals surface area contributed by atoms with Gasteiger partial charge < -0.3 is 10.4 Å². The molecule has 1 aromatic carbocycles. The first kappa shape index (κ1) is 21.7. The molecule has 3 rings (SSSR count). The molecule has 0 saturated carbocycles. The predicted molar refractivity (Wildman–Crippen MR) is 111 cm³/mol. The summed E-state index contributed by atoms with van der Waals surface area (Å²) < 4.78 is 1.68. The molecule has 0 fully saturated rings. The number of benzene rings is 1. The van der Waals surface area contributed by atoms with Gasteiger partial charge in [-0.05, 0) is 49.8 Å². The van der Waals surface area contributed by atoms with Crippen LogP contribution in [0.25, 0.3) is 5.78 Å². The minimum absolute atomic E-state index is 0.0199. The van der Waals surface area contributed by atoms with Crippen molar-refractivity contribution < 1.29 is 14.8 Å². The van der Waals surface area contributed by atoms with Crippen LogP contribution in [0.2, 0.25) is 0 Å². The Hall–Kier alpha value is -3.05. The van der Waals surface area contributed by atoms with E-state index in [1.807, 2.05) is 20.1 Å². The zero-order valence-corrected chi connectivity index (χ0v) is 17.6. The topological polar surface area (TPSA) is 136 Å². The molecule has 158 valence electrons. The second kappa shape index (κ2) is 9.18. The van der Waals surface area contributed by atoms with Crippen LogP contribution in [-0.4, -0.2) is 48.3 Å². The van der Waals surface area contributed by atoms with E-state index in [2.05, 4.69) is 20.4 Å². The van der Waals surface area contributed by atoms with Crippen LogP contribution in [0.15, 0.2) is 29.4 Å². The molecule has 0 aliphatic carbocycles. The van der Waals surface area contributed by atoms with Gasteiger partial charge in [0.2, 0.25) is 11.1 Å². The third kappa shape index (κ3) is 4.74. The van der Waals surface area contributed by atoms with Crippen molar-refractivity contribution in [3.63, 3.8) is 0 Å². The Kier molecular flexibility index (Phi) is 6.63. The van der Waals surface area contributed by atoms with Gasteiger partial charge in [-0.25, -0.2) is 9.50 Å². The number of carbonyl (C=O) groups excluding carboxylic acids is 1. The average molecular weight is 430 g/mol. The van der Waals surface area contributed by atoms with Gasteiger partial charge in [0, 0.05) is 36.5 Å². The lowest BCUT2D eigenvalue weighted by Crippen LogP contribution is -2.28. The van der Waals surface area contributed by atoms with E-state index in [-0.39, 0.29) is 24.6 Å². The number of aliphatic hydroxyl groups is 1. The summed E-state index contributed by atoms with van der Waals surface area (Å²) in [5.41, 5.74) is 3.08. The highest BCUT2D eigenvalue weighted by Crippen LogP contribution is 2.19. The molecule has 3 aromatic rings. The molecule has 0 saturated heterocycles. The number of aromatic nitrogens is 4. The Morgan fingerprint density at radius 2 is 2.00 bits per heavy atom. The van der Waals surface area contributed by atoms with E-state index in [4.69, 9.17) is 0 Å². The fraction of sp³-hybridized carbons (Fsp3) is 0.368. The van der Waals surface area contributed by atoms with Gasteiger partial charge in [-0.1, -0.05) is 11.8 Å². The van der Waals surface area contributed by atoms with Crippen molar-refractivity contribution in [3.05, 3.63) is 56.9 Å². The van der Waals surface area contributed by atoms with Crippen molar-refractivity contribution in [2.45, 2.75) is 37.9 Å². The summed E-state index contributed by atoms with van der Waals surface area (Å²) in [5.74, 6) is 0.326. The minimum Gasteiger partial charge on any atom is -0.387 e. The van der Waals surface area contributed by atoms with Gasteiger partial charge >= 0.3 is 0 Å². The molecule has 30 heavy (non-hydrogen) atoms. The number of fused-ring (bicyclic) bond motifs is 1. The summed E-state index contributed by atoms with van der Waals surface area (Å²) in [6, 6.07) is 5.59. The lowest BCUT2D eigenvalue weighted by molar-refractivity contribution is -0.384. The van der Waals surface area contributed by atoms with Crippen molar-refractivity contribution in [2.24, 2.45) is 0 Å². The second-order valence-electron chi connectivity index (χ2n) is 6.74. The van der Waals surface area contributed by atoms with Gasteiger partial charge in [0.15, 0.2) is 0 Å². The van der Waals surface area contributed by atoms with Gasteiger partial charge in [-0.3, -0.25) is 14.9 Å². The van der Waals surface area contributed by atoms with Gasteiger partial charge in [-0.15, -0.1) is 5.10 Å². The molecule has 0 unspecified atom stereocenters. The first-order valence-corrected chi connectivity index (χ1v) is 10.5. The monoisotopic (exact) mass is 430 g/mol. The van der Waals surface area contributed by atoms with Crippen LogP contribution >= 0.6 is 11.8 Å². The van der Waals surface area contributed by atoms with Crippen molar-refractivity contribution >= 4 is 29.1 Å². The average Bonchev–Trinajstić information content (AvgIpc) is 3.15. The maximum atomic E-state index is 12.3. The largest absolute Gasteiger partial charge is 0.387 e. The first-order valence-electron chi connectivity index (χ1n) is 9.26. The van der Waals surface area contributed by atoms with E-state index < -0.39 is 11.0 Å². The third-order valence-electron chi connectivity index (χ3n) is 4.80. The molecule has 0 aliphatic heterocycles. The molecular formula is C19H22N6O4S. The van der Waals surface area contributed by atoms with Gasteiger partial charge in [0.1, 0.15) is 0 Å². The van der Waals surface area contributed by atoms with Crippen LogP contribution in [0.3, 0.4) is 0 Å². The number of aliphatic hydroxyl groups excluding tert-OH is 1. The highest BCUT2D eigenvalue weighted by Gasteiger charge is 2.16. The van der Waals surface area contributed by atoms with E-state index in [1.54, 1.807) is 4.52 Å². The van der Waals surface area contributed by atoms with E-state index in [1.165, 1.54) is 36.0 Å². The smallest absolute Gasteiger partial charge is 0.269 e. The molecule has 11 heteroatoms. The molecule has 2 aromatic heterocycles. The van der Waals surface area contributed by atoms with Crippen molar-refractivity contribution in [2.75, 3.05) is 12.8 Å². The standard InChI is InChI=1S/C19H22N6O4S/c1-11-15(12(2)24-18(21-11)22-19(23-24)30-3)8-9-17(27)20-10-16(26)13-4-6-14(7-5-13)25(28)29/h4-7,16,26H,8-10H2,1-3H3,(H,20,27)/t16-/m1/s1. The van der Waals surface area contributed by atoms with Crippen LogP contribution < -0.4 is 5.32 Å². The van der Waals surface area contributed by atoms with Gasteiger partial charge in [-0.2, -0.15) is 4.98 Å². The van der Waals surface area contributed by atoms with Crippen LogP contribution in [0, 0.1) is 24.0 Å². The summed E-state index contributed by atoms with van der Waals surface area (Å²) >= 11 is 1.44. The Balaban J connectivity index is 1.58. The number of aryl methyl sites for hydroxylation is 2. The van der Waals surface area contributed by atoms with Crippen LogP contribution in [0.5, 0.6) is 0 Å². The summed E-state index contributed by atoms with van der Waals surface area (Å²) in [4.78, 5) is 31.3. The fourth-order valence-corrected chi connectivity index (χ4v) is 3.45. The third-order valence-corrected chi connectivity index (χ3v) is 5.33. The highest BCUT2D eigenvalue weighted by molar-refractivity contribution is 7.98. The summed E-state index contributed by atoms with van der Waals surface area (Å²) in [7, 11) is 0. The molecule has 1 amide bonds. The van der Waals surface area contributed by atoms with Crippen molar-refractivity contribution in [1.29, 1.82) is 0 Å². The molecule has 0 spiro atoms. The Labute approximate surface area is 176 Å². The van der Waals surface area contributed by atoms with Gasteiger partial charge in [0.25, 0.3) is 11.5 Å². The maximum absolute atomic E-state index is 12.3. The van der Waals surface area contributed by atoms with Crippen LogP contribution in [0.4, 0.5) is 5.69 Å². The number of carbonyl (C=O) groups is 1. The van der Waals surface area contributed by atoms with E-state index in [0.717, 1.165) is 17.0 Å². The maximum Gasteiger partial charge on any atom is 0.269 e. The highest BCUT2D eigenvalue weighted by atomic mass is 32.2. The minimum atomic E-state index is -0.948. The normalized spacial score (nSPS) is 12.1. The van der Waals surface area contributed by atoms with Crippen molar-refractivity contribution in [3.8, 4) is 0 Å². The molecule has 2 heterocycles. The first-order chi connectivity index (χ1) is 14.3. The van der Waals surface area contributed by atoms with E-state index >= 15 is 0 Å².